The first-order chi connectivity index (χ1) is 9.24. The lowest BCUT2D eigenvalue weighted by atomic mass is 9.84. The largest absolute Gasteiger partial charge is 0.396 e. The fourth-order valence-electron chi connectivity index (χ4n) is 3.08. The summed E-state index contributed by atoms with van der Waals surface area (Å²) in [6.45, 7) is 2.53. The monoisotopic (exact) mass is 325 g/mol. The van der Waals surface area contributed by atoms with Crippen LogP contribution in [-0.4, -0.2) is 17.8 Å². The molecule has 1 aromatic rings. The zero-order chi connectivity index (χ0) is 13.7. The molecule has 3 heteroatoms. The van der Waals surface area contributed by atoms with Crippen LogP contribution in [0.4, 0.5) is 0 Å². The van der Waals surface area contributed by atoms with Gasteiger partial charge in [-0.1, -0.05) is 47.8 Å². The van der Waals surface area contributed by atoms with Gasteiger partial charge in [0.15, 0.2) is 0 Å². The van der Waals surface area contributed by atoms with E-state index in [0.29, 0.717) is 24.6 Å². The zero-order valence-corrected chi connectivity index (χ0v) is 13.2. The molecule has 106 valence electrons. The van der Waals surface area contributed by atoms with Crippen LogP contribution in [0.2, 0.25) is 0 Å². The first-order valence-electron chi connectivity index (χ1n) is 7.37. The Morgan fingerprint density at radius 2 is 2.16 bits per heavy atom. The number of rotatable bonds is 5. The van der Waals surface area contributed by atoms with Crippen LogP contribution in [0.1, 0.15) is 50.6 Å². The highest BCUT2D eigenvalue weighted by Crippen LogP contribution is 2.28. The highest BCUT2D eigenvalue weighted by atomic mass is 79.9. The standard InChI is InChI=1S/C16H24BrNO/c1-2-15(12-7-5-8-14(17)10-12)18-16-9-4-3-6-13(16)11-19/h5,7-8,10,13,15-16,18-19H,2-4,6,9,11H2,1H3. The zero-order valence-electron chi connectivity index (χ0n) is 11.6. The van der Waals surface area contributed by atoms with Crippen molar-refractivity contribution < 1.29 is 5.11 Å². The molecule has 0 radical (unpaired) electrons. The van der Waals surface area contributed by atoms with Crippen LogP contribution in [0.25, 0.3) is 0 Å². The second kappa shape index (κ2) is 7.41. The Labute approximate surface area is 124 Å². The van der Waals surface area contributed by atoms with E-state index in [0.717, 1.165) is 17.3 Å². The maximum Gasteiger partial charge on any atom is 0.0474 e. The fourth-order valence-corrected chi connectivity index (χ4v) is 3.49. The van der Waals surface area contributed by atoms with Gasteiger partial charge in [0.2, 0.25) is 0 Å². The minimum absolute atomic E-state index is 0.312. The highest BCUT2D eigenvalue weighted by Gasteiger charge is 2.26. The predicted molar refractivity (Wildman–Crippen MR) is 83.1 cm³/mol. The third kappa shape index (κ3) is 4.04. The molecule has 1 aliphatic carbocycles. The van der Waals surface area contributed by atoms with Crippen molar-refractivity contribution in [1.82, 2.24) is 5.32 Å². The maximum atomic E-state index is 9.51. The van der Waals surface area contributed by atoms with Crippen molar-refractivity contribution in [3.63, 3.8) is 0 Å². The van der Waals surface area contributed by atoms with Gasteiger partial charge in [0.25, 0.3) is 0 Å². The molecular weight excluding hydrogens is 302 g/mol. The summed E-state index contributed by atoms with van der Waals surface area (Å²) < 4.78 is 1.13. The molecule has 2 rings (SSSR count). The molecule has 19 heavy (non-hydrogen) atoms. The topological polar surface area (TPSA) is 32.3 Å². The summed E-state index contributed by atoms with van der Waals surface area (Å²) in [6.07, 6.45) is 5.96. The molecule has 1 aromatic carbocycles. The van der Waals surface area contributed by atoms with Gasteiger partial charge in [0.05, 0.1) is 0 Å². The summed E-state index contributed by atoms with van der Waals surface area (Å²) in [4.78, 5) is 0. The van der Waals surface area contributed by atoms with Crippen molar-refractivity contribution in [2.24, 2.45) is 5.92 Å². The van der Waals surface area contributed by atoms with Crippen LogP contribution >= 0.6 is 15.9 Å². The predicted octanol–water partition coefficient (Wildman–Crippen LogP) is 4.04. The fraction of sp³-hybridized carbons (Fsp3) is 0.625. The van der Waals surface area contributed by atoms with Crippen molar-refractivity contribution >= 4 is 15.9 Å². The first kappa shape index (κ1) is 15.0. The molecule has 1 aliphatic rings. The number of benzene rings is 1. The van der Waals surface area contributed by atoms with Crippen molar-refractivity contribution in [2.75, 3.05) is 6.61 Å². The second-order valence-electron chi connectivity index (χ2n) is 5.52. The molecule has 2 nitrogen and oxygen atoms in total. The average molecular weight is 326 g/mol. The Morgan fingerprint density at radius 1 is 1.37 bits per heavy atom. The number of aliphatic hydroxyl groups excluding tert-OH is 1. The summed E-state index contributed by atoms with van der Waals surface area (Å²) in [5, 5.41) is 13.3. The number of halogens is 1. The number of nitrogens with one attached hydrogen (secondary N) is 1. The van der Waals surface area contributed by atoms with Crippen LogP contribution in [0.3, 0.4) is 0 Å². The molecule has 1 saturated carbocycles. The van der Waals surface area contributed by atoms with E-state index in [-0.39, 0.29) is 0 Å². The van der Waals surface area contributed by atoms with Crippen molar-refractivity contribution in [2.45, 2.75) is 51.1 Å². The Morgan fingerprint density at radius 3 is 2.84 bits per heavy atom. The normalized spacial score (nSPS) is 25.2. The lowest BCUT2D eigenvalue weighted by Crippen LogP contribution is -2.42. The summed E-state index contributed by atoms with van der Waals surface area (Å²) in [5.74, 6) is 0.426. The highest BCUT2D eigenvalue weighted by molar-refractivity contribution is 9.10. The van der Waals surface area contributed by atoms with Crippen LogP contribution in [0.15, 0.2) is 28.7 Å². The van der Waals surface area contributed by atoms with Gasteiger partial charge in [0, 0.05) is 23.2 Å². The maximum absolute atomic E-state index is 9.51. The minimum Gasteiger partial charge on any atom is -0.396 e. The van der Waals surface area contributed by atoms with Gasteiger partial charge in [0.1, 0.15) is 0 Å². The van der Waals surface area contributed by atoms with Gasteiger partial charge in [-0.2, -0.15) is 0 Å². The quantitative estimate of drug-likeness (QED) is 0.856. The summed E-state index contributed by atoms with van der Waals surface area (Å²) in [6, 6.07) is 9.37. The lowest BCUT2D eigenvalue weighted by Gasteiger charge is -2.34. The smallest absolute Gasteiger partial charge is 0.0474 e. The molecule has 0 amide bonds. The van der Waals surface area contributed by atoms with E-state index in [1.165, 1.54) is 24.8 Å². The third-order valence-electron chi connectivity index (χ3n) is 4.22. The van der Waals surface area contributed by atoms with E-state index < -0.39 is 0 Å². The van der Waals surface area contributed by atoms with Crippen LogP contribution in [0, 0.1) is 5.92 Å². The average Bonchev–Trinajstić information content (AvgIpc) is 2.45. The Kier molecular flexibility index (Phi) is 5.86. The minimum atomic E-state index is 0.312. The second-order valence-corrected chi connectivity index (χ2v) is 6.43. The van der Waals surface area contributed by atoms with Gasteiger partial charge in [-0.15, -0.1) is 0 Å². The van der Waals surface area contributed by atoms with E-state index in [9.17, 15) is 5.11 Å². The lowest BCUT2D eigenvalue weighted by molar-refractivity contribution is 0.145. The van der Waals surface area contributed by atoms with Gasteiger partial charge in [-0.25, -0.2) is 0 Å². The Bertz CT molecular complexity index is 396. The van der Waals surface area contributed by atoms with Gasteiger partial charge in [-0.3, -0.25) is 0 Å². The molecule has 2 N–H and O–H groups in total. The summed E-state index contributed by atoms with van der Waals surface area (Å²) in [7, 11) is 0. The third-order valence-corrected chi connectivity index (χ3v) is 4.71. The van der Waals surface area contributed by atoms with Crippen molar-refractivity contribution in [3.05, 3.63) is 34.3 Å². The first-order valence-corrected chi connectivity index (χ1v) is 8.16. The van der Waals surface area contributed by atoms with E-state index in [2.05, 4.69) is 52.4 Å². The van der Waals surface area contributed by atoms with Crippen LogP contribution in [-0.2, 0) is 0 Å². The Hall–Kier alpha value is -0.380. The SMILES string of the molecule is CCC(NC1CCCCC1CO)c1cccc(Br)c1. The molecule has 3 atom stereocenters. The molecule has 0 bridgehead atoms. The molecular formula is C16H24BrNO. The molecule has 0 aliphatic heterocycles. The number of hydrogen-bond acceptors (Lipinski definition) is 2. The summed E-state index contributed by atoms with van der Waals surface area (Å²) >= 11 is 3.54. The van der Waals surface area contributed by atoms with Gasteiger partial charge >= 0.3 is 0 Å². The summed E-state index contributed by atoms with van der Waals surface area (Å²) in [5.41, 5.74) is 1.33. The molecule has 0 aromatic heterocycles. The Balaban J connectivity index is 2.05. The van der Waals surface area contributed by atoms with Gasteiger partial charge < -0.3 is 10.4 Å². The van der Waals surface area contributed by atoms with Crippen molar-refractivity contribution in [3.8, 4) is 0 Å². The molecule has 0 spiro atoms. The van der Waals surface area contributed by atoms with Crippen LogP contribution in [0.5, 0.6) is 0 Å². The number of aliphatic hydroxyl groups is 1. The van der Waals surface area contributed by atoms with E-state index in [1.54, 1.807) is 0 Å². The molecule has 3 unspecified atom stereocenters. The van der Waals surface area contributed by atoms with E-state index in [4.69, 9.17) is 0 Å². The van der Waals surface area contributed by atoms with Crippen LogP contribution < -0.4 is 5.32 Å². The number of hydrogen-bond donors (Lipinski definition) is 2. The van der Waals surface area contributed by atoms with Gasteiger partial charge in [-0.05, 0) is 42.9 Å². The van der Waals surface area contributed by atoms with E-state index in [1.807, 2.05) is 0 Å². The van der Waals surface area contributed by atoms with Crippen molar-refractivity contribution in [1.29, 1.82) is 0 Å². The molecule has 0 saturated heterocycles. The molecule has 1 fully saturated rings. The van der Waals surface area contributed by atoms with E-state index >= 15 is 0 Å². The molecule has 0 heterocycles.